The molecule has 0 aliphatic rings. The summed E-state index contributed by atoms with van der Waals surface area (Å²) in [6, 6.07) is 0.656. The lowest BCUT2D eigenvalue weighted by Gasteiger charge is -2.08. The number of aromatic nitrogens is 2. The third kappa shape index (κ3) is 1.46. The van der Waals surface area contributed by atoms with Gasteiger partial charge in [0.1, 0.15) is 0 Å². The number of benzene rings is 1. The van der Waals surface area contributed by atoms with Gasteiger partial charge >= 0.3 is 0 Å². The van der Waals surface area contributed by atoms with E-state index in [0.717, 1.165) is 6.20 Å². The maximum Gasteiger partial charge on any atom is 0.196 e. The molecule has 1 heterocycles. The van der Waals surface area contributed by atoms with E-state index in [-0.39, 0.29) is 5.39 Å². The average molecular weight is 228 g/mol. The number of hydrogen-bond donors (Lipinski definition) is 0. The molecule has 0 aliphatic heterocycles. The second kappa shape index (κ2) is 3.62. The van der Waals surface area contributed by atoms with Crippen LogP contribution in [0.3, 0.4) is 0 Å². The Kier molecular flexibility index (Phi) is 2.41. The van der Waals surface area contributed by atoms with Crippen LogP contribution < -0.4 is 9.79 Å². The van der Waals surface area contributed by atoms with Crippen molar-refractivity contribution in [1.29, 1.82) is 0 Å². The smallest absolute Gasteiger partial charge is 0.196 e. The van der Waals surface area contributed by atoms with Crippen LogP contribution in [0.4, 0.5) is 13.2 Å². The van der Waals surface area contributed by atoms with E-state index in [4.69, 9.17) is 0 Å². The van der Waals surface area contributed by atoms with Gasteiger partial charge in [-0.25, -0.2) is 13.2 Å². The number of rotatable bonds is 1. The first-order chi connectivity index (χ1) is 7.54. The van der Waals surface area contributed by atoms with Crippen molar-refractivity contribution < 1.29 is 23.0 Å². The van der Waals surface area contributed by atoms with E-state index < -0.39 is 28.7 Å². The van der Waals surface area contributed by atoms with Crippen LogP contribution in [0.15, 0.2) is 12.3 Å². The molecule has 6 heteroatoms. The summed E-state index contributed by atoms with van der Waals surface area (Å²) < 4.78 is 40.3. The van der Waals surface area contributed by atoms with Gasteiger partial charge in [-0.15, -0.1) is 0 Å². The summed E-state index contributed by atoms with van der Waals surface area (Å²) in [6.07, 6.45) is 1.11. The Morgan fingerprint density at radius 3 is 2.62 bits per heavy atom. The lowest BCUT2D eigenvalue weighted by Crippen LogP contribution is -2.37. The van der Waals surface area contributed by atoms with E-state index in [9.17, 15) is 18.3 Å². The summed E-state index contributed by atoms with van der Waals surface area (Å²) in [5, 5.41) is 14.9. The SMILES string of the molecule is CC[n+]1cc([O-])c2cc(F)c(F)c(F)c2n1. The van der Waals surface area contributed by atoms with Crippen molar-refractivity contribution in [3.8, 4) is 5.75 Å². The van der Waals surface area contributed by atoms with Crippen molar-refractivity contribution in [1.82, 2.24) is 5.10 Å². The topological polar surface area (TPSA) is 39.8 Å². The molecule has 0 bridgehead atoms. The van der Waals surface area contributed by atoms with Crippen molar-refractivity contribution in [2.24, 2.45) is 0 Å². The number of halogens is 3. The van der Waals surface area contributed by atoms with Gasteiger partial charge < -0.3 is 5.11 Å². The standard InChI is InChI=1S/C10H7F3N2O/c1-2-15-4-7(16)5-3-6(11)8(12)9(13)10(5)14-15/h3-4H,2H2,1H3. The molecule has 3 nitrogen and oxygen atoms in total. The average Bonchev–Trinajstić information content (AvgIpc) is 2.27. The van der Waals surface area contributed by atoms with E-state index in [0.29, 0.717) is 12.6 Å². The highest BCUT2D eigenvalue weighted by Gasteiger charge is 2.18. The van der Waals surface area contributed by atoms with Gasteiger partial charge in [0.05, 0.1) is 0 Å². The van der Waals surface area contributed by atoms with Gasteiger partial charge in [-0.3, -0.25) is 0 Å². The fraction of sp³-hybridized carbons (Fsp3) is 0.200. The number of nitrogens with zero attached hydrogens (tertiary/aromatic N) is 2. The molecule has 2 aromatic rings. The van der Waals surface area contributed by atoms with Crippen molar-refractivity contribution in [3.63, 3.8) is 0 Å². The lowest BCUT2D eigenvalue weighted by molar-refractivity contribution is -0.750. The molecule has 0 saturated heterocycles. The first kappa shape index (κ1) is 10.7. The number of hydrogen-bond acceptors (Lipinski definition) is 2. The summed E-state index contributed by atoms with van der Waals surface area (Å²) in [4.78, 5) is 0. The van der Waals surface area contributed by atoms with Crippen LogP contribution in [-0.2, 0) is 6.54 Å². The van der Waals surface area contributed by atoms with Crippen LogP contribution in [0.2, 0.25) is 0 Å². The first-order valence-electron chi connectivity index (χ1n) is 4.59. The molecule has 0 radical (unpaired) electrons. The number of aryl methyl sites for hydroxylation is 1. The quantitative estimate of drug-likeness (QED) is 0.540. The van der Waals surface area contributed by atoms with Gasteiger partial charge in [0, 0.05) is 10.5 Å². The van der Waals surface area contributed by atoms with Gasteiger partial charge in [0.25, 0.3) is 0 Å². The molecule has 1 aromatic heterocycles. The number of fused-ring (bicyclic) bond motifs is 1. The zero-order chi connectivity index (χ0) is 11.9. The molecule has 0 fully saturated rings. The molecule has 0 atom stereocenters. The van der Waals surface area contributed by atoms with Crippen LogP contribution in [0.1, 0.15) is 6.92 Å². The molecule has 84 valence electrons. The summed E-state index contributed by atoms with van der Waals surface area (Å²) in [5.41, 5.74) is -0.451. The molecule has 0 aliphatic carbocycles. The fourth-order valence-electron chi connectivity index (χ4n) is 1.40. The largest absolute Gasteiger partial charge is 0.868 e. The highest BCUT2D eigenvalue weighted by atomic mass is 19.2. The predicted octanol–water partition coefficient (Wildman–Crippen LogP) is 1.03. The fourth-order valence-corrected chi connectivity index (χ4v) is 1.40. The van der Waals surface area contributed by atoms with Gasteiger partial charge in [-0.1, -0.05) is 4.68 Å². The molecular weight excluding hydrogens is 221 g/mol. The van der Waals surface area contributed by atoms with Crippen LogP contribution in [0.5, 0.6) is 5.75 Å². The highest BCUT2D eigenvalue weighted by Crippen LogP contribution is 2.24. The van der Waals surface area contributed by atoms with E-state index >= 15 is 0 Å². The van der Waals surface area contributed by atoms with Crippen LogP contribution >= 0.6 is 0 Å². The molecule has 0 unspecified atom stereocenters. The van der Waals surface area contributed by atoms with Crippen molar-refractivity contribution >= 4 is 10.9 Å². The van der Waals surface area contributed by atoms with Gasteiger partial charge in [-0.2, -0.15) is 0 Å². The van der Waals surface area contributed by atoms with Crippen molar-refractivity contribution in [2.45, 2.75) is 13.5 Å². The second-order valence-electron chi connectivity index (χ2n) is 3.23. The summed E-state index contributed by atoms with van der Waals surface area (Å²) >= 11 is 0. The summed E-state index contributed by atoms with van der Waals surface area (Å²) in [6.45, 7) is 2.03. The Bertz CT molecular complexity index is 572. The normalized spacial score (nSPS) is 11.0. The highest BCUT2D eigenvalue weighted by molar-refractivity contribution is 5.83. The van der Waals surface area contributed by atoms with Crippen LogP contribution in [0, 0.1) is 17.5 Å². The zero-order valence-corrected chi connectivity index (χ0v) is 8.30. The van der Waals surface area contributed by atoms with Gasteiger partial charge in [0.15, 0.2) is 35.7 Å². The van der Waals surface area contributed by atoms with E-state index in [1.807, 2.05) is 0 Å². The Labute approximate surface area is 88.8 Å². The molecule has 16 heavy (non-hydrogen) atoms. The van der Waals surface area contributed by atoms with Gasteiger partial charge in [-0.05, 0) is 18.7 Å². The first-order valence-corrected chi connectivity index (χ1v) is 4.59. The molecule has 0 saturated carbocycles. The second-order valence-corrected chi connectivity index (χ2v) is 3.23. The Hall–Kier alpha value is -1.85. The molecule has 0 N–H and O–H groups in total. The minimum absolute atomic E-state index is 0.263. The Morgan fingerprint density at radius 2 is 2.00 bits per heavy atom. The van der Waals surface area contributed by atoms with E-state index in [1.165, 1.54) is 4.68 Å². The van der Waals surface area contributed by atoms with Crippen LogP contribution in [-0.4, -0.2) is 5.10 Å². The lowest BCUT2D eigenvalue weighted by atomic mass is 10.2. The summed E-state index contributed by atoms with van der Waals surface area (Å²) in [7, 11) is 0. The molecule has 0 spiro atoms. The molecular formula is C10H7F3N2O. The summed E-state index contributed by atoms with van der Waals surface area (Å²) in [5.74, 6) is -5.04. The predicted molar refractivity (Wildman–Crippen MR) is 46.9 cm³/mol. The monoisotopic (exact) mass is 228 g/mol. The maximum absolute atomic E-state index is 13.3. The minimum Gasteiger partial charge on any atom is -0.868 e. The van der Waals surface area contributed by atoms with Crippen LogP contribution in [0.25, 0.3) is 10.9 Å². The molecule has 0 amide bonds. The Morgan fingerprint density at radius 1 is 1.31 bits per heavy atom. The third-order valence-electron chi connectivity index (χ3n) is 2.22. The van der Waals surface area contributed by atoms with Crippen molar-refractivity contribution in [2.75, 3.05) is 0 Å². The van der Waals surface area contributed by atoms with Gasteiger partial charge in [0.2, 0.25) is 0 Å². The van der Waals surface area contributed by atoms with E-state index in [2.05, 4.69) is 5.10 Å². The minimum atomic E-state index is -1.62. The molecule has 1 aromatic carbocycles. The van der Waals surface area contributed by atoms with Crippen molar-refractivity contribution in [3.05, 3.63) is 29.7 Å². The maximum atomic E-state index is 13.3. The molecule has 2 rings (SSSR count). The zero-order valence-electron chi connectivity index (χ0n) is 8.30. The Balaban J connectivity index is 2.90. The van der Waals surface area contributed by atoms with E-state index in [1.54, 1.807) is 6.92 Å². The third-order valence-corrected chi connectivity index (χ3v) is 2.22.